The van der Waals surface area contributed by atoms with Crippen LogP contribution in [0, 0.1) is 0 Å². The van der Waals surface area contributed by atoms with Crippen molar-refractivity contribution in [2.45, 2.75) is 6.92 Å². The first-order valence-electron chi connectivity index (χ1n) is 5.16. The van der Waals surface area contributed by atoms with Gasteiger partial charge in [0.2, 0.25) is 0 Å². The van der Waals surface area contributed by atoms with Gasteiger partial charge in [0, 0.05) is 11.4 Å². The second kappa shape index (κ2) is 5.93. The molecule has 1 amide bonds. The molecule has 1 N–H and O–H groups in total. The van der Waals surface area contributed by atoms with Crippen molar-refractivity contribution in [1.82, 2.24) is 10.1 Å². The maximum absolute atomic E-state index is 11.4. The topological polar surface area (TPSA) is 94.3 Å². The van der Waals surface area contributed by atoms with Gasteiger partial charge in [-0.05, 0) is 22.9 Å². The molecule has 0 fully saturated rings. The number of carbonyl (C=O) groups is 2. The fraction of sp³-hybridized carbons (Fsp3) is 0.200. The molecule has 0 bridgehead atoms. The van der Waals surface area contributed by atoms with Crippen LogP contribution in [0.25, 0.3) is 11.5 Å². The molecule has 0 aliphatic rings. The minimum atomic E-state index is -0.943. The lowest BCUT2D eigenvalue weighted by molar-refractivity contribution is -0.152. The molecule has 2 rings (SSSR count). The van der Waals surface area contributed by atoms with Gasteiger partial charge >= 0.3 is 11.9 Å². The highest BCUT2D eigenvalue weighted by atomic mass is 79.9. The van der Waals surface area contributed by atoms with Gasteiger partial charge in [-0.3, -0.25) is 10.1 Å². The molecule has 0 aliphatic carbocycles. The summed E-state index contributed by atoms with van der Waals surface area (Å²) >= 11 is 4.32. The van der Waals surface area contributed by atoms with E-state index < -0.39 is 11.9 Å². The van der Waals surface area contributed by atoms with Crippen LogP contribution in [-0.4, -0.2) is 28.6 Å². The van der Waals surface area contributed by atoms with Crippen LogP contribution in [0.5, 0.6) is 0 Å². The number of rotatable bonds is 3. The Hall–Kier alpha value is -1.74. The van der Waals surface area contributed by atoms with Crippen LogP contribution in [-0.2, 0) is 14.3 Å². The first kappa shape index (κ1) is 13.7. The Labute approximate surface area is 120 Å². The standard InChI is InChI=1S/C10H8BrN3O4S/c1-2-17-9(16)8(15)13-10-12-5(4-19-10)6-3-7(11)14-18-6/h3-4H,2H2,1H3,(H,12,13,15). The van der Waals surface area contributed by atoms with Gasteiger partial charge in [-0.15, -0.1) is 11.3 Å². The van der Waals surface area contributed by atoms with E-state index in [4.69, 9.17) is 4.52 Å². The highest BCUT2D eigenvalue weighted by Gasteiger charge is 2.17. The van der Waals surface area contributed by atoms with Gasteiger partial charge in [-0.2, -0.15) is 0 Å². The maximum atomic E-state index is 11.4. The number of hydrogen-bond acceptors (Lipinski definition) is 7. The Morgan fingerprint density at radius 1 is 1.58 bits per heavy atom. The van der Waals surface area contributed by atoms with Crippen LogP contribution in [0.1, 0.15) is 6.92 Å². The molecular weight excluding hydrogens is 338 g/mol. The van der Waals surface area contributed by atoms with Gasteiger partial charge < -0.3 is 9.26 Å². The molecule has 100 valence electrons. The third-order valence-corrected chi connectivity index (χ3v) is 3.05. The Morgan fingerprint density at radius 3 is 3.00 bits per heavy atom. The highest BCUT2D eigenvalue weighted by Crippen LogP contribution is 2.26. The second-order valence-electron chi connectivity index (χ2n) is 3.23. The van der Waals surface area contributed by atoms with Gasteiger partial charge in [0.25, 0.3) is 0 Å². The van der Waals surface area contributed by atoms with Crippen molar-refractivity contribution in [3.8, 4) is 11.5 Å². The molecule has 0 aromatic carbocycles. The molecule has 0 saturated carbocycles. The van der Waals surface area contributed by atoms with E-state index in [1.165, 1.54) is 0 Å². The van der Waals surface area contributed by atoms with E-state index in [-0.39, 0.29) is 11.7 Å². The summed E-state index contributed by atoms with van der Waals surface area (Å²) in [5.74, 6) is -1.34. The lowest BCUT2D eigenvalue weighted by atomic mass is 10.4. The summed E-state index contributed by atoms with van der Waals surface area (Å²) in [6.07, 6.45) is 0. The van der Waals surface area contributed by atoms with Crippen LogP contribution in [0.2, 0.25) is 0 Å². The zero-order chi connectivity index (χ0) is 13.8. The third-order valence-electron chi connectivity index (χ3n) is 1.92. The number of carbonyl (C=O) groups excluding carboxylic acids is 2. The van der Waals surface area contributed by atoms with Crippen molar-refractivity contribution in [3.63, 3.8) is 0 Å². The van der Waals surface area contributed by atoms with Gasteiger partial charge in [0.1, 0.15) is 10.3 Å². The van der Waals surface area contributed by atoms with Gasteiger partial charge in [-0.25, -0.2) is 9.78 Å². The Bertz CT molecular complexity index is 609. The Morgan fingerprint density at radius 2 is 2.37 bits per heavy atom. The van der Waals surface area contributed by atoms with Crippen LogP contribution >= 0.6 is 27.3 Å². The first-order chi connectivity index (χ1) is 9.10. The predicted octanol–water partition coefficient (Wildman–Crippen LogP) is 2.06. The summed E-state index contributed by atoms with van der Waals surface area (Å²) in [6.45, 7) is 1.76. The second-order valence-corrected chi connectivity index (χ2v) is 4.90. The zero-order valence-corrected chi connectivity index (χ0v) is 12.1. The minimum Gasteiger partial charge on any atom is -0.459 e. The maximum Gasteiger partial charge on any atom is 0.397 e. The molecule has 0 unspecified atom stereocenters. The van der Waals surface area contributed by atoms with Gasteiger partial charge in [0.15, 0.2) is 10.9 Å². The quantitative estimate of drug-likeness (QED) is 0.675. The van der Waals surface area contributed by atoms with E-state index in [9.17, 15) is 9.59 Å². The fourth-order valence-corrected chi connectivity index (χ4v) is 2.14. The monoisotopic (exact) mass is 345 g/mol. The Kier molecular flexibility index (Phi) is 4.27. The molecule has 0 spiro atoms. The molecule has 0 radical (unpaired) electrons. The number of anilines is 1. The normalized spacial score (nSPS) is 10.2. The van der Waals surface area contributed by atoms with Crippen molar-refractivity contribution in [1.29, 1.82) is 0 Å². The number of aromatic nitrogens is 2. The molecule has 0 atom stereocenters. The summed E-state index contributed by atoms with van der Waals surface area (Å²) < 4.78 is 10.1. The summed E-state index contributed by atoms with van der Waals surface area (Å²) in [4.78, 5) is 26.6. The molecule has 2 heterocycles. The molecular formula is C10H8BrN3O4S. The van der Waals surface area contributed by atoms with Crippen LogP contribution in [0.3, 0.4) is 0 Å². The number of halogens is 1. The van der Waals surface area contributed by atoms with Crippen molar-refractivity contribution in [3.05, 3.63) is 16.0 Å². The smallest absolute Gasteiger partial charge is 0.397 e. The largest absolute Gasteiger partial charge is 0.459 e. The average Bonchev–Trinajstić information content (AvgIpc) is 2.98. The number of nitrogens with one attached hydrogen (secondary N) is 1. The number of amides is 1. The predicted molar refractivity (Wildman–Crippen MR) is 70.6 cm³/mol. The summed E-state index contributed by atoms with van der Waals surface area (Å²) in [5.41, 5.74) is 0.516. The Balaban J connectivity index is 2.05. The summed E-state index contributed by atoms with van der Waals surface area (Å²) in [7, 11) is 0. The molecule has 2 aromatic rings. The molecule has 19 heavy (non-hydrogen) atoms. The van der Waals surface area contributed by atoms with Gasteiger partial charge in [-0.1, -0.05) is 5.16 Å². The number of hydrogen-bond donors (Lipinski definition) is 1. The van der Waals surface area contributed by atoms with Crippen molar-refractivity contribution >= 4 is 44.3 Å². The SMILES string of the molecule is CCOC(=O)C(=O)Nc1nc(-c2cc(Br)no2)cs1. The lowest BCUT2D eigenvalue weighted by Crippen LogP contribution is -2.24. The molecule has 0 saturated heterocycles. The first-order valence-corrected chi connectivity index (χ1v) is 6.83. The molecule has 2 aromatic heterocycles. The van der Waals surface area contributed by atoms with Crippen LogP contribution < -0.4 is 5.32 Å². The number of nitrogens with zero attached hydrogens (tertiary/aromatic N) is 2. The van der Waals surface area contributed by atoms with E-state index >= 15 is 0 Å². The number of esters is 1. The number of ether oxygens (including phenoxy) is 1. The van der Waals surface area contributed by atoms with Crippen molar-refractivity contribution in [2.24, 2.45) is 0 Å². The van der Waals surface area contributed by atoms with E-state index in [0.717, 1.165) is 11.3 Å². The molecule has 0 aliphatic heterocycles. The fourth-order valence-electron chi connectivity index (χ4n) is 1.16. The zero-order valence-electron chi connectivity index (χ0n) is 9.68. The van der Waals surface area contributed by atoms with Crippen LogP contribution in [0.15, 0.2) is 20.6 Å². The van der Waals surface area contributed by atoms with E-state index in [1.807, 2.05) is 0 Å². The molecule has 9 heteroatoms. The lowest BCUT2D eigenvalue weighted by Gasteiger charge is -2.00. The highest BCUT2D eigenvalue weighted by molar-refractivity contribution is 9.10. The van der Waals surface area contributed by atoms with E-state index in [0.29, 0.717) is 16.1 Å². The number of thiazole rings is 1. The van der Waals surface area contributed by atoms with Crippen LogP contribution in [0.4, 0.5) is 5.13 Å². The summed E-state index contributed by atoms with van der Waals surface area (Å²) in [6, 6.07) is 1.64. The van der Waals surface area contributed by atoms with Crippen molar-refractivity contribution in [2.75, 3.05) is 11.9 Å². The van der Waals surface area contributed by atoms with Crippen molar-refractivity contribution < 1.29 is 18.8 Å². The van der Waals surface area contributed by atoms with Gasteiger partial charge in [0.05, 0.1) is 6.61 Å². The third kappa shape index (κ3) is 3.38. The summed E-state index contributed by atoms with van der Waals surface area (Å²) in [5, 5.41) is 7.96. The minimum absolute atomic E-state index is 0.140. The van der Waals surface area contributed by atoms with E-state index in [1.54, 1.807) is 18.4 Å². The molecule has 7 nitrogen and oxygen atoms in total. The average molecular weight is 346 g/mol. The van der Waals surface area contributed by atoms with E-state index in [2.05, 4.69) is 36.1 Å².